The molecule has 0 aliphatic carbocycles. The van der Waals surface area contributed by atoms with Crippen LogP contribution in [0.1, 0.15) is 5.56 Å². The van der Waals surface area contributed by atoms with Crippen LogP contribution >= 0.6 is 0 Å². The molecule has 5 nitrogen and oxygen atoms in total. The van der Waals surface area contributed by atoms with E-state index in [9.17, 15) is 17.2 Å². The van der Waals surface area contributed by atoms with Crippen LogP contribution in [0, 0.1) is 11.6 Å². The van der Waals surface area contributed by atoms with Crippen molar-refractivity contribution in [2.45, 2.75) is 11.4 Å². The molecule has 1 heterocycles. The third-order valence-corrected chi connectivity index (χ3v) is 6.44. The lowest BCUT2D eigenvalue weighted by Gasteiger charge is -2.31. The average Bonchev–Trinajstić information content (AvgIpc) is 2.62. The average molecular weight is 383 g/mol. The fourth-order valence-electron chi connectivity index (χ4n) is 3.15. The predicted octanol–water partition coefficient (Wildman–Crippen LogP) is 1.06. The van der Waals surface area contributed by atoms with Gasteiger partial charge in [-0.15, -0.1) is 0 Å². The summed E-state index contributed by atoms with van der Waals surface area (Å²) in [7, 11) is -2.17. The van der Waals surface area contributed by atoms with Gasteiger partial charge in [0.2, 0.25) is 10.0 Å². The summed E-state index contributed by atoms with van der Waals surface area (Å²) >= 11 is 0. The molecular weight excluding hydrogens is 362 g/mol. The lowest BCUT2D eigenvalue weighted by Crippen LogP contribution is -3.13. The zero-order valence-electron chi connectivity index (χ0n) is 14.4. The number of hydrogen-bond donors (Lipinski definition) is 1. The molecule has 0 spiro atoms. The number of rotatable bonds is 5. The number of nitrogens with zero attached hydrogens (tertiary/aromatic N) is 1. The van der Waals surface area contributed by atoms with E-state index in [1.54, 1.807) is 6.07 Å². The van der Waals surface area contributed by atoms with Crippen molar-refractivity contribution in [3.8, 4) is 5.75 Å². The van der Waals surface area contributed by atoms with Gasteiger partial charge in [0.25, 0.3) is 0 Å². The van der Waals surface area contributed by atoms with Crippen molar-refractivity contribution in [3.05, 3.63) is 59.7 Å². The van der Waals surface area contributed by atoms with Gasteiger partial charge >= 0.3 is 0 Å². The highest BCUT2D eigenvalue weighted by atomic mass is 32.2. The smallest absolute Gasteiger partial charge is 0.243 e. The summed E-state index contributed by atoms with van der Waals surface area (Å²) in [6.45, 7) is 2.36. The third-order valence-electron chi connectivity index (χ3n) is 4.55. The molecule has 1 fully saturated rings. The Kier molecular flexibility index (Phi) is 5.55. The number of nitrogens with one attached hydrogen (secondary N) is 1. The van der Waals surface area contributed by atoms with E-state index in [4.69, 9.17) is 4.74 Å². The van der Waals surface area contributed by atoms with Gasteiger partial charge in [-0.1, -0.05) is 6.07 Å². The van der Waals surface area contributed by atoms with Crippen LogP contribution in [0.3, 0.4) is 0 Å². The van der Waals surface area contributed by atoms with E-state index in [1.165, 1.54) is 41.7 Å². The number of piperazine rings is 1. The summed E-state index contributed by atoms with van der Waals surface area (Å²) in [4.78, 5) is 1.10. The normalized spacial score (nSPS) is 16.6. The van der Waals surface area contributed by atoms with Crippen LogP contribution in [0.15, 0.2) is 47.4 Å². The highest BCUT2D eigenvalue weighted by Crippen LogP contribution is 2.19. The molecule has 0 unspecified atom stereocenters. The van der Waals surface area contributed by atoms with Crippen molar-refractivity contribution in [1.29, 1.82) is 0 Å². The minimum atomic E-state index is -3.71. The molecule has 1 N–H and O–H groups in total. The Morgan fingerprint density at radius 2 is 1.77 bits per heavy atom. The summed E-state index contributed by atoms with van der Waals surface area (Å²) in [5, 5.41) is 0. The molecule has 1 aliphatic rings. The largest absolute Gasteiger partial charge is 0.496 e. The van der Waals surface area contributed by atoms with Crippen LogP contribution in [0.4, 0.5) is 8.78 Å². The van der Waals surface area contributed by atoms with Gasteiger partial charge in [0, 0.05) is 0 Å². The van der Waals surface area contributed by atoms with Crippen LogP contribution in [-0.2, 0) is 16.6 Å². The quantitative estimate of drug-likeness (QED) is 0.840. The maximum Gasteiger partial charge on any atom is 0.243 e. The number of quaternary nitrogens is 1. The molecule has 140 valence electrons. The first-order chi connectivity index (χ1) is 12.4. The van der Waals surface area contributed by atoms with Crippen molar-refractivity contribution >= 4 is 10.0 Å². The van der Waals surface area contributed by atoms with E-state index in [-0.39, 0.29) is 10.7 Å². The van der Waals surface area contributed by atoms with Gasteiger partial charge in [-0.3, -0.25) is 0 Å². The first kappa shape index (κ1) is 18.8. The molecule has 0 saturated carbocycles. The van der Waals surface area contributed by atoms with E-state index in [1.807, 2.05) is 0 Å². The molecule has 1 saturated heterocycles. The Hall–Kier alpha value is -2.03. The zero-order valence-corrected chi connectivity index (χ0v) is 15.2. The zero-order chi connectivity index (χ0) is 18.7. The second-order valence-corrected chi connectivity index (χ2v) is 8.18. The Balaban J connectivity index is 1.67. The van der Waals surface area contributed by atoms with Gasteiger partial charge in [0.05, 0.1) is 43.7 Å². The van der Waals surface area contributed by atoms with Gasteiger partial charge in [-0.25, -0.2) is 17.2 Å². The van der Waals surface area contributed by atoms with E-state index in [0.29, 0.717) is 38.5 Å². The second kappa shape index (κ2) is 7.69. The molecule has 1 aliphatic heterocycles. The monoisotopic (exact) mass is 383 g/mol. The van der Waals surface area contributed by atoms with Gasteiger partial charge in [-0.05, 0) is 36.4 Å². The molecule has 0 bridgehead atoms. The number of hydrogen-bond acceptors (Lipinski definition) is 3. The Morgan fingerprint density at radius 1 is 1.08 bits per heavy atom. The van der Waals surface area contributed by atoms with Crippen LogP contribution in [0.25, 0.3) is 0 Å². The first-order valence-corrected chi connectivity index (χ1v) is 9.76. The number of methoxy groups -OCH3 is 1. The van der Waals surface area contributed by atoms with Crippen molar-refractivity contribution in [2.75, 3.05) is 33.3 Å². The summed E-state index contributed by atoms with van der Waals surface area (Å²) < 4.78 is 58.7. The fraction of sp³-hybridized carbons (Fsp3) is 0.333. The predicted molar refractivity (Wildman–Crippen MR) is 92.5 cm³/mol. The maximum absolute atomic E-state index is 13.5. The number of ether oxygens (including phenoxy) is 1. The molecule has 0 amide bonds. The van der Waals surface area contributed by atoms with Gasteiger partial charge < -0.3 is 9.64 Å². The summed E-state index contributed by atoms with van der Waals surface area (Å²) in [6, 6.07) is 9.42. The lowest BCUT2D eigenvalue weighted by molar-refractivity contribution is -0.917. The fourth-order valence-corrected chi connectivity index (χ4v) is 4.62. The number of sulfonamides is 1. The summed E-state index contributed by atoms with van der Waals surface area (Å²) in [6.07, 6.45) is 0. The van der Waals surface area contributed by atoms with Gasteiger partial charge in [0.15, 0.2) is 0 Å². The minimum Gasteiger partial charge on any atom is -0.496 e. The summed E-state index contributed by atoms with van der Waals surface area (Å²) in [5.74, 6) is -0.283. The molecule has 2 aromatic carbocycles. The molecule has 3 rings (SSSR count). The molecule has 0 radical (unpaired) electrons. The van der Waals surface area contributed by atoms with Crippen LogP contribution in [0.5, 0.6) is 5.75 Å². The SMILES string of the molecule is COc1ccc(F)cc1C[NH+]1CCN(S(=O)(=O)c2cccc(F)c2)CC1. The van der Waals surface area contributed by atoms with Gasteiger partial charge in [0.1, 0.15) is 23.9 Å². The van der Waals surface area contributed by atoms with E-state index < -0.39 is 15.8 Å². The van der Waals surface area contributed by atoms with E-state index in [0.717, 1.165) is 16.5 Å². The molecule has 0 atom stereocenters. The maximum atomic E-state index is 13.5. The van der Waals surface area contributed by atoms with Crippen LogP contribution in [-0.4, -0.2) is 46.0 Å². The standard InChI is InChI=1S/C18H20F2N2O3S/c1-25-18-6-5-16(20)11-14(18)13-21-7-9-22(10-8-21)26(23,24)17-4-2-3-15(19)12-17/h2-6,11-12H,7-10,13H2,1H3/p+1. The Morgan fingerprint density at radius 3 is 2.42 bits per heavy atom. The number of benzene rings is 2. The van der Waals surface area contributed by atoms with Crippen molar-refractivity contribution in [2.24, 2.45) is 0 Å². The first-order valence-electron chi connectivity index (χ1n) is 8.32. The van der Waals surface area contributed by atoms with Crippen LogP contribution in [0.2, 0.25) is 0 Å². The van der Waals surface area contributed by atoms with Crippen LogP contribution < -0.4 is 9.64 Å². The van der Waals surface area contributed by atoms with E-state index >= 15 is 0 Å². The minimum absolute atomic E-state index is 0.0345. The molecule has 0 aromatic heterocycles. The molecular formula is C18H21F2N2O3S+. The van der Waals surface area contributed by atoms with Crippen molar-refractivity contribution in [3.63, 3.8) is 0 Å². The lowest BCUT2D eigenvalue weighted by atomic mass is 10.1. The topological polar surface area (TPSA) is 51.1 Å². The molecule has 2 aromatic rings. The van der Waals surface area contributed by atoms with Gasteiger partial charge in [-0.2, -0.15) is 4.31 Å². The van der Waals surface area contributed by atoms with Crippen molar-refractivity contribution < 1.29 is 26.8 Å². The third kappa shape index (κ3) is 4.03. The Bertz CT molecular complexity index is 882. The highest BCUT2D eigenvalue weighted by molar-refractivity contribution is 7.89. The second-order valence-electron chi connectivity index (χ2n) is 6.24. The summed E-state index contributed by atoms with van der Waals surface area (Å²) in [5.41, 5.74) is 0.754. The van der Waals surface area contributed by atoms with E-state index in [2.05, 4.69) is 0 Å². The highest BCUT2D eigenvalue weighted by Gasteiger charge is 2.31. The van der Waals surface area contributed by atoms with Crippen molar-refractivity contribution in [1.82, 2.24) is 4.31 Å². The Labute approximate surface area is 151 Å². The number of halogens is 2. The molecule has 8 heteroatoms. The molecule has 26 heavy (non-hydrogen) atoms.